The molecule has 0 spiro atoms. The lowest BCUT2D eigenvalue weighted by Crippen LogP contribution is -2.32. The molecule has 0 atom stereocenters. The molecule has 0 aromatic carbocycles. The molecule has 0 radical (unpaired) electrons. The van der Waals surface area contributed by atoms with Crippen molar-refractivity contribution < 1.29 is 8.42 Å². The molecular formula is C8H12N4O2S2. The van der Waals surface area contributed by atoms with Gasteiger partial charge in [-0.3, -0.25) is 9.97 Å². The minimum absolute atomic E-state index is 0.0671. The van der Waals surface area contributed by atoms with Crippen LogP contribution in [-0.4, -0.2) is 29.1 Å². The van der Waals surface area contributed by atoms with Crippen molar-refractivity contribution in [1.82, 2.24) is 14.7 Å². The summed E-state index contributed by atoms with van der Waals surface area (Å²) >= 11 is 4.52. The molecule has 0 unspecified atom stereocenters. The molecule has 1 aromatic rings. The van der Waals surface area contributed by atoms with Gasteiger partial charge in [0.15, 0.2) is 0 Å². The molecule has 3 N–H and O–H groups in total. The molecule has 1 heterocycles. The molecule has 0 bridgehead atoms. The lowest BCUT2D eigenvalue weighted by atomic mass is 10.4. The lowest BCUT2D eigenvalue weighted by Gasteiger charge is -2.04. The van der Waals surface area contributed by atoms with Crippen molar-refractivity contribution in [3.8, 4) is 0 Å². The number of hydrogen-bond donors (Lipinski definition) is 2. The topological polar surface area (TPSA) is 98.0 Å². The summed E-state index contributed by atoms with van der Waals surface area (Å²) in [5, 5.41) is 0. The van der Waals surface area contributed by atoms with E-state index >= 15 is 0 Å². The number of sulfonamides is 1. The molecule has 1 rings (SSSR count). The number of nitrogens with one attached hydrogen (secondary N) is 1. The first kappa shape index (κ1) is 12.9. The Morgan fingerprint density at radius 1 is 1.50 bits per heavy atom. The van der Waals surface area contributed by atoms with Crippen LogP contribution in [0.3, 0.4) is 0 Å². The van der Waals surface area contributed by atoms with Crippen molar-refractivity contribution in [2.45, 2.75) is 13.5 Å². The van der Waals surface area contributed by atoms with E-state index in [1.807, 2.05) is 0 Å². The quantitative estimate of drug-likeness (QED) is 0.692. The maximum Gasteiger partial charge on any atom is 0.218 e. The maximum atomic E-state index is 11.4. The summed E-state index contributed by atoms with van der Waals surface area (Å²) in [5.74, 6) is -0.360. The van der Waals surface area contributed by atoms with Crippen molar-refractivity contribution in [1.29, 1.82) is 0 Å². The SMILES string of the molecule is Cc1cnc(CNS(=O)(=O)CC(N)=S)cn1. The van der Waals surface area contributed by atoms with Gasteiger partial charge in [-0.25, -0.2) is 13.1 Å². The molecule has 0 saturated heterocycles. The molecule has 6 nitrogen and oxygen atoms in total. The second-order valence-corrected chi connectivity index (χ2v) is 5.53. The number of hydrogen-bond acceptors (Lipinski definition) is 5. The third kappa shape index (κ3) is 4.60. The van der Waals surface area contributed by atoms with E-state index in [4.69, 9.17) is 5.73 Å². The monoisotopic (exact) mass is 260 g/mol. The Labute approximate surface area is 99.3 Å². The normalized spacial score (nSPS) is 11.3. The lowest BCUT2D eigenvalue weighted by molar-refractivity contribution is 0.584. The highest BCUT2D eigenvalue weighted by atomic mass is 32.2. The maximum absolute atomic E-state index is 11.4. The average Bonchev–Trinajstić information content (AvgIpc) is 2.15. The fourth-order valence-corrected chi connectivity index (χ4v) is 2.24. The Kier molecular flexibility index (Phi) is 4.27. The first-order chi connectivity index (χ1) is 7.39. The number of rotatable bonds is 5. The van der Waals surface area contributed by atoms with Crippen LogP contribution in [0.15, 0.2) is 12.4 Å². The van der Waals surface area contributed by atoms with Gasteiger partial charge in [-0.2, -0.15) is 0 Å². The molecule has 0 aliphatic carbocycles. The zero-order chi connectivity index (χ0) is 12.2. The second kappa shape index (κ2) is 5.28. The highest BCUT2D eigenvalue weighted by Gasteiger charge is 2.11. The molecule has 1 aromatic heterocycles. The van der Waals surface area contributed by atoms with Crippen molar-refractivity contribution in [2.24, 2.45) is 5.73 Å². The Hall–Kier alpha value is -1.12. The van der Waals surface area contributed by atoms with Gasteiger partial charge in [0, 0.05) is 6.20 Å². The standard InChI is InChI=1S/C8H12N4O2S2/c1-6-2-11-7(3-10-6)4-12-16(13,14)5-8(9)15/h2-3,12H,4-5H2,1H3,(H2,9,15). The van der Waals surface area contributed by atoms with Crippen LogP contribution in [0, 0.1) is 6.92 Å². The van der Waals surface area contributed by atoms with Gasteiger partial charge in [-0.1, -0.05) is 12.2 Å². The van der Waals surface area contributed by atoms with E-state index in [0.29, 0.717) is 5.69 Å². The van der Waals surface area contributed by atoms with E-state index in [2.05, 4.69) is 26.9 Å². The van der Waals surface area contributed by atoms with E-state index < -0.39 is 10.0 Å². The fourth-order valence-electron chi connectivity index (χ4n) is 0.933. The Balaban J connectivity index is 2.58. The minimum atomic E-state index is -3.47. The number of aromatic nitrogens is 2. The van der Waals surface area contributed by atoms with Gasteiger partial charge in [-0.15, -0.1) is 0 Å². The Morgan fingerprint density at radius 3 is 2.69 bits per heavy atom. The molecule has 88 valence electrons. The third-order valence-corrected chi connectivity index (χ3v) is 3.24. The number of nitrogens with zero attached hydrogens (tertiary/aromatic N) is 2. The summed E-state index contributed by atoms with van der Waals surface area (Å²) in [7, 11) is -3.47. The summed E-state index contributed by atoms with van der Waals surface area (Å²) in [6.45, 7) is 1.88. The minimum Gasteiger partial charge on any atom is -0.392 e. The highest BCUT2D eigenvalue weighted by Crippen LogP contribution is 1.95. The van der Waals surface area contributed by atoms with Crippen LogP contribution in [-0.2, 0) is 16.6 Å². The van der Waals surface area contributed by atoms with Crippen LogP contribution in [0.25, 0.3) is 0 Å². The Morgan fingerprint density at radius 2 is 2.19 bits per heavy atom. The predicted molar refractivity (Wildman–Crippen MR) is 64.2 cm³/mol. The molecule has 0 aliphatic heterocycles. The van der Waals surface area contributed by atoms with E-state index in [9.17, 15) is 8.42 Å². The predicted octanol–water partition coefficient (Wildman–Crippen LogP) is -0.509. The van der Waals surface area contributed by atoms with Crippen LogP contribution >= 0.6 is 12.2 Å². The molecule has 0 aliphatic rings. The van der Waals surface area contributed by atoms with Gasteiger partial charge in [0.2, 0.25) is 10.0 Å². The van der Waals surface area contributed by atoms with Crippen molar-refractivity contribution in [3.05, 3.63) is 23.8 Å². The fraction of sp³-hybridized carbons (Fsp3) is 0.375. The van der Waals surface area contributed by atoms with Gasteiger partial charge in [0.1, 0.15) is 5.75 Å². The molecular weight excluding hydrogens is 248 g/mol. The summed E-state index contributed by atoms with van der Waals surface area (Å²) in [5.41, 5.74) is 6.46. The highest BCUT2D eigenvalue weighted by molar-refractivity contribution is 7.92. The summed E-state index contributed by atoms with van der Waals surface area (Å²) in [4.78, 5) is 7.93. The summed E-state index contributed by atoms with van der Waals surface area (Å²) in [6.07, 6.45) is 3.08. The number of aryl methyl sites for hydroxylation is 1. The molecule has 0 saturated carbocycles. The smallest absolute Gasteiger partial charge is 0.218 e. The van der Waals surface area contributed by atoms with Crippen molar-refractivity contribution in [3.63, 3.8) is 0 Å². The van der Waals surface area contributed by atoms with Crippen molar-refractivity contribution >= 4 is 27.2 Å². The van der Waals surface area contributed by atoms with Gasteiger partial charge < -0.3 is 5.73 Å². The third-order valence-electron chi connectivity index (χ3n) is 1.64. The zero-order valence-electron chi connectivity index (χ0n) is 8.67. The van der Waals surface area contributed by atoms with Gasteiger partial charge in [0.05, 0.1) is 29.1 Å². The van der Waals surface area contributed by atoms with Crippen LogP contribution in [0.1, 0.15) is 11.4 Å². The van der Waals surface area contributed by atoms with Gasteiger partial charge >= 0.3 is 0 Å². The van der Waals surface area contributed by atoms with E-state index in [0.717, 1.165) is 5.69 Å². The van der Waals surface area contributed by atoms with Gasteiger partial charge in [-0.05, 0) is 6.92 Å². The van der Waals surface area contributed by atoms with E-state index in [-0.39, 0.29) is 17.3 Å². The van der Waals surface area contributed by atoms with Gasteiger partial charge in [0.25, 0.3) is 0 Å². The molecule has 0 fully saturated rings. The summed E-state index contributed by atoms with van der Waals surface area (Å²) in [6, 6.07) is 0. The van der Waals surface area contributed by atoms with E-state index in [1.165, 1.54) is 6.20 Å². The second-order valence-electron chi connectivity index (χ2n) is 3.20. The summed E-state index contributed by atoms with van der Waals surface area (Å²) < 4.78 is 25.0. The van der Waals surface area contributed by atoms with Crippen LogP contribution in [0.4, 0.5) is 0 Å². The van der Waals surface area contributed by atoms with Crippen LogP contribution < -0.4 is 10.5 Å². The number of thiocarbonyl (C=S) groups is 1. The van der Waals surface area contributed by atoms with Crippen molar-refractivity contribution in [2.75, 3.05) is 5.75 Å². The van der Waals surface area contributed by atoms with Crippen LogP contribution in [0.2, 0.25) is 0 Å². The first-order valence-corrected chi connectivity index (χ1v) is 6.48. The van der Waals surface area contributed by atoms with Crippen LogP contribution in [0.5, 0.6) is 0 Å². The molecule has 0 amide bonds. The Bertz CT molecular complexity index is 469. The molecule has 16 heavy (non-hydrogen) atoms. The number of nitrogens with two attached hydrogens (primary N) is 1. The average molecular weight is 260 g/mol. The van der Waals surface area contributed by atoms with E-state index in [1.54, 1.807) is 13.1 Å². The molecule has 8 heteroatoms. The zero-order valence-corrected chi connectivity index (χ0v) is 10.3. The largest absolute Gasteiger partial charge is 0.392 e. The first-order valence-electron chi connectivity index (χ1n) is 4.42.